The first-order valence-corrected chi connectivity index (χ1v) is 7.45. The van der Waals surface area contributed by atoms with Gasteiger partial charge in [0.15, 0.2) is 0 Å². The van der Waals surface area contributed by atoms with Crippen molar-refractivity contribution < 1.29 is 14.3 Å². The lowest BCUT2D eigenvalue weighted by Gasteiger charge is -2.17. The van der Waals surface area contributed by atoms with E-state index < -0.39 is 0 Å². The van der Waals surface area contributed by atoms with Gasteiger partial charge >= 0.3 is 0 Å². The van der Waals surface area contributed by atoms with Gasteiger partial charge < -0.3 is 15.0 Å². The van der Waals surface area contributed by atoms with Crippen LogP contribution in [0.15, 0.2) is 24.3 Å². The number of ether oxygens (including phenoxy) is 1. The van der Waals surface area contributed by atoms with E-state index in [2.05, 4.69) is 5.32 Å². The number of nitrogens with one attached hydrogen (secondary N) is 1. The first kappa shape index (κ1) is 14.1. The highest BCUT2D eigenvalue weighted by molar-refractivity contribution is 5.98. The number of hydrogen-bond donors (Lipinski definition) is 1. The first-order valence-electron chi connectivity index (χ1n) is 7.45. The van der Waals surface area contributed by atoms with Gasteiger partial charge in [-0.1, -0.05) is 6.07 Å². The summed E-state index contributed by atoms with van der Waals surface area (Å²) in [5.41, 5.74) is 1.25. The third-order valence-electron chi connectivity index (χ3n) is 4.01. The van der Waals surface area contributed by atoms with Gasteiger partial charge in [-0.05, 0) is 43.9 Å². The summed E-state index contributed by atoms with van der Waals surface area (Å²) in [6.45, 7) is 0.642. The zero-order valence-electron chi connectivity index (χ0n) is 12.2. The Labute approximate surface area is 124 Å². The molecule has 1 aliphatic heterocycles. The molecule has 0 radical (unpaired) electrons. The van der Waals surface area contributed by atoms with Crippen LogP contribution in [0.25, 0.3) is 0 Å². The van der Waals surface area contributed by atoms with Crippen LogP contribution in [-0.4, -0.2) is 42.5 Å². The Bertz CT molecular complexity index is 548. The van der Waals surface area contributed by atoms with Gasteiger partial charge in [0.05, 0.1) is 0 Å². The molecule has 0 unspecified atom stereocenters. The number of carbonyl (C=O) groups excluding carboxylic acids is 2. The fourth-order valence-electron chi connectivity index (χ4n) is 2.57. The summed E-state index contributed by atoms with van der Waals surface area (Å²) in [5.74, 6) is -0.127. The summed E-state index contributed by atoms with van der Waals surface area (Å²) in [6.07, 6.45) is 3.48. The Balaban J connectivity index is 1.67. The second-order valence-electron chi connectivity index (χ2n) is 5.72. The molecule has 2 fully saturated rings. The number of benzene rings is 1. The average Bonchev–Trinajstić information content (AvgIpc) is 3.20. The smallest absolute Gasteiger partial charge is 0.253 e. The number of hydrogen-bond acceptors (Lipinski definition) is 3. The molecule has 1 atom stereocenters. The minimum Gasteiger partial charge on any atom is -0.368 e. The largest absolute Gasteiger partial charge is 0.368 e. The van der Waals surface area contributed by atoms with E-state index in [-0.39, 0.29) is 17.9 Å². The molecule has 1 aromatic carbocycles. The van der Waals surface area contributed by atoms with Crippen LogP contribution < -0.4 is 5.32 Å². The average molecular weight is 288 g/mol. The monoisotopic (exact) mass is 288 g/mol. The lowest BCUT2D eigenvalue weighted by molar-refractivity contribution is -0.124. The van der Waals surface area contributed by atoms with E-state index in [1.54, 1.807) is 29.2 Å². The maximum atomic E-state index is 12.3. The van der Waals surface area contributed by atoms with Crippen molar-refractivity contribution in [2.75, 3.05) is 19.0 Å². The molecule has 1 saturated heterocycles. The Morgan fingerprint density at radius 2 is 2.10 bits per heavy atom. The van der Waals surface area contributed by atoms with Crippen molar-refractivity contribution in [3.05, 3.63) is 29.8 Å². The molecule has 1 heterocycles. The topological polar surface area (TPSA) is 58.6 Å². The van der Waals surface area contributed by atoms with Gasteiger partial charge in [0.25, 0.3) is 11.8 Å². The maximum absolute atomic E-state index is 12.3. The molecule has 112 valence electrons. The maximum Gasteiger partial charge on any atom is 0.253 e. The van der Waals surface area contributed by atoms with Crippen LogP contribution in [0.2, 0.25) is 0 Å². The molecule has 0 aromatic heterocycles. The Hall–Kier alpha value is -1.88. The number of nitrogens with zero attached hydrogens (tertiary/aromatic N) is 1. The lowest BCUT2D eigenvalue weighted by Crippen LogP contribution is -2.29. The van der Waals surface area contributed by atoms with E-state index in [9.17, 15) is 9.59 Å². The highest BCUT2D eigenvalue weighted by atomic mass is 16.5. The van der Waals surface area contributed by atoms with Gasteiger partial charge in [-0.25, -0.2) is 0 Å². The van der Waals surface area contributed by atoms with E-state index in [1.165, 1.54) is 0 Å². The molecule has 0 bridgehead atoms. The fourth-order valence-corrected chi connectivity index (χ4v) is 2.57. The number of anilines is 1. The second kappa shape index (κ2) is 5.85. The minimum atomic E-state index is -0.363. The Kier molecular flexibility index (Phi) is 3.92. The number of amides is 2. The molecular weight excluding hydrogens is 268 g/mol. The second-order valence-corrected chi connectivity index (χ2v) is 5.72. The van der Waals surface area contributed by atoms with E-state index in [0.29, 0.717) is 23.9 Å². The Morgan fingerprint density at radius 3 is 2.76 bits per heavy atom. The van der Waals surface area contributed by atoms with Gasteiger partial charge in [-0.15, -0.1) is 0 Å². The van der Waals surface area contributed by atoms with Crippen LogP contribution in [0, 0.1) is 0 Å². The van der Waals surface area contributed by atoms with E-state index in [1.807, 2.05) is 7.05 Å². The molecular formula is C16H20N2O3. The van der Waals surface area contributed by atoms with Crippen molar-refractivity contribution in [2.45, 2.75) is 37.8 Å². The molecule has 2 aliphatic rings. The highest BCUT2D eigenvalue weighted by Gasteiger charge is 2.30. The van der Waals surface area contributed by atoms with Crippen LogP contribution in [0.5, 0.6) is 0 Å². The normalized spacial score (nSPS) is 21.1. The van der Waals surface area contributed by atoms with Crippen molar-refractivity contribution in [3.63, 3.8) is 0 Å². The zero-order valence-corrected chi connectivity index (χ0v) is 12.2. The van der Waals surface area contributed by atoms with Crippen molar-refractivity contribution in [1.82, 2.24) is 4.90 Å². The van der Waals surface area contributed by atoms with Gasteiger partial charge in [0.2, 0.25) is 0 Å². The lowest BCUT2D eigenvalue weighted by atomic mass is 10.1. The first-order chi connectivity index (χ1) is 10.1. The van der Waals surface area contributed by atoms with Gasteiger partial charge in [0.1, 0.15) is 6.10 Å². The molecule has 21 heavy (non-hydrogen) atoms. The quantitative estimate of drug-likeness (QED) is 0.922. The van der Waals surface area contributed by atoms with Crippen LogP contribution in [0.3, 0.4) is 0 Å². The van der Waals surface area contributed by atoms with Crippen molar-refractivity contribution in [2.24, 2.45) is 0 Å². The molecule has 5 heteroatoms. The fraction of sp³-hybridized carbons (Fsp3) is 0.500. The van der Waals surface area contributed by atoms with Crippen LogP contribution in [-0.2, 0) is 9.53 Å². The van der Waals surface area contributed by atoms with Crippen molar-refractivity contribution in [3.8, 4) is 0 Å². The van der Waals surface area contributed by atoms with Crippen LogP contribution in [0.4, 0.5) is 5.69 Å². The standard InChI is InChI=1S/C16H20N2O3/c1-18(13-7-8-13)16(20)11-4-2-5-12(10-11)17-15(19)14-6-3-9-21-14/h2,4-5,10,13-14H,3,6-9H2,1H3,(H,17,19)/t14-/m0/s1. The molecule has 5 nitrogen and oxygen atoms in total. The zero-order chi connectivity index (χ0) is 14.8. The third kappa shape index (κ3) is 3.24. The molecule has 0 spiro atoms. The van der Waals surface area contributed by atoms with Crippen molar-refractivity contribution >= 4 is 17.5 Å². The van der Waals surface area contributed by atoms with E-state index in [0.717, 1.165) is 25.7 Å². The highest BCUT2D eigenvalue weighted by Crippen LogP contribution is 2.27. The van der Waals surface area contributed by atoms with E-state index >= 15 is 0 Å². The molecule has 1 aromatic rings. The summed E-state index contributed by atoms with van der Waals surface area (Å²) < 4.78 is 5.36. The SMILES string of the molecule is CN(C(=O)c1cccc(NC(=O)[C@@H]2CCCO2)c1)C1CC1. The summed E-state index contributed by atoms with van der Waals surface area (Å²) in [7, 11) is 1.83. The third-order valence-corrected chi connectivity index (χ3v) is 4.01. The summed E-state index contributed by atoms with van der Waals surface area (Å²) in [5, 5.41) is 2.83. The predicted molar refractivity (Wildman–Crippen MR) is 79.2 cm³/mol. The molecule has 3 rings (SSSR count). The van der Waals surface area contributed by atoms with Gasteiger partial charge in [-0.3, -0.25) is 9.59 Å². The summed E-state index contributed by atoms with van der Waals surface area (Å²) in [4.78, 5) is 26.1. The van der Waals surface area contributed by atoms with Crippen LogP contribution >= 0.6 is 0 Å². The molecule has 1 aliphatic carbocycles. The molecule has 1 saturated carbocycles. The van der Waals surface area contributed by atoms with Gasteiger partial charge in [-0.2, -0.15) is 0 Å². The molecule has 1 N–H and O–H groups in total. The minimum absolute atomic E-state index is 0.00529. The predicted octanol–water partition coefficient (Wildman–Crippen LogP) is 2.04. The van der Waals surface area contributed by atoms with Crippen molar-refractivity contribution in [1.29, 1.82) is 0 Å². The molecule has 2 amide bonds. The van der Waals surface area contributed by atoms with E-state index in [4.69, 9.17) is 4.74 Å². The number of rotatable bonds is 4. The summed E-state index contributed by atoms with van der Waals surface area (Å²) >= 11 is 0. The van der Waals surface area contributed by atoms with Crippen LogP contribution in [0.1, 0.15) is 36.0 Å². The summed E-state index contributed by atoms with van der Waals surface area (Å²) in [6, 6.07) is 7.47. The Morgan fingerprint density at radius 1 is 1.29 bits per heavy atom. The van der Waals surface area contributed by atoms with Gasteiger partial charge in [0, 0.05) is 30.9 Å². The number of carbonyl (C=O) groups is 2.